The smallest absolute Gasteiger partial charge is 0.304 e. The van der Waals surface area contributed by atoms with Crippen molar-refractivity contribution < 1.29 is 19.4 Å². The van der Waals surface area contributed by atoms with Gasteiger partial charge in [0.25, 0.3) is 0 Å². The molecule has 114 valence electrons. The summed E-state index contributed by atoms with van der Waals surface area (Å²) in [6.07, 6.45) is 0.155. The minimum absolute atomic E-state index is 0.0241. The second kappa shape index (κ2) is 6.51. The van der Waals surface area contributed by atoms with Crippen LogP contribution in [-0.4, -0.2) is 84.8 Å². The summed E-state index contributed by atoms with van der Waals surface area (Å²) < 4.78 is 5.64. The van der Waals surface area contributed by atoms with Gasteiger partial charge in [0.2, 0.25) is 5.91 Å². The maximum absolute atomic E-state index is 12.0. The van der Waals surface area contributed by atoms with Gasteiger partial charge in [-0.3, -0.25) is 14.5 Å². The third-order valence-corrected chi connectivity index (χ3v) is 3.91. The fraction of sp³-hybridized carbons (Fsp3) is 0.846. The highest BCUT2D eigenvalue weighted by atomic mass is 16.5. The molecule has 7 nitrogen and oxygen atoms in total. The molecule has 2 rings (SSSR count). The third-order valence-electron chi connectivity index (χ3n) is 3.91. The number of amides is 1. The van der Waals surface area contributed by atoms with E-state index in [0.29, 0.717) is 19.6 Å². The zero-order valence-corrected chi connectivity index (χ0v) is 11.9. The van der Waals surface area contributed by atoms with Crippen LogP contribution < -0.4 is 5.32 Å². The van der Waals surface area contributed by atoms with Crippen molar-refractivity contribution in [3.63, 3.8) is 0 Å². The van der Waals surface area contributed by atoms with Gasteiger partial charge in [-0.2, -0.15) is 0 Å². The number of nitrogens with zero attached hydrogens (tertiary/aromatic N) is 2. The van der Waals surface area contributed by atoms with Crippen LogP contribution in [0.25, 0.3) is 0 Å². The molecule has 2 aliphatic heterocycles. The summed E-state index contributed by atoms with van der Waals surface area (Å²) >= 11 is 0. The van der Waals surface area contributed by atoms with Crippen molar-refractivity contribution in [3.8, 4) is 0 Å². The van der Waals surface area contributed by atoms with E-state index in [1.807, 2.05) is 6.92 Å². The molecule has 0 radical (unpaired) electrons. The Bertz CT molecular complexity index is 363. The van der Waals surface area contributed by atoms with E-state index in [4.69, 9.17) is 9.84 Å². The zero-order chi connectivity index (χ0) is 14.6. The predicted molar refractivity (Wildman–Crippen MR) is 72.5 cm³/mol. The molecule has 1 amide bonds. The van der Waals surface area contributed by atoms with Gasteiger partial charge in [0.05, 0.1) is 12.0 Å². The van der Waals surface area contributed by atoms with Gasteiger partial charge in [0, 0.05) is 45.8 Å². The first-order chi connectivity index (χ1) is 9.48. The molecule has 0 aromatic carbocycles. The number of hydrogen-bond acceptors (Lipinski definition) is 5. The standard InChI is InChI=1S/C13H23N3O4/c1-13(9-14-10-13)20-8-11(17)16-6-4-15(5-7-16)3-2-12(18)19/h14H,2-10H2,1H3,(H,18,19). The van der Waals surface area contributed by atoms with E-state index in [1.54, 1.807) is 4.90 Å². The van der Waals surface area contributed by atoms with Gasteiger partial charge >= 0.3 is 5.97 Å². The lowest BCUT2D eigenvalue weighted by molar-refractivity contribution is -0.148. The summed E-state index contributed by atoms with van der Waals surface area (Å²) in [4.78, 5) is 26.4. The number of ether oxygens (including phenoxy) is 1. The lowest BCUT2D eigenvalue weighted by Crippen LogP contribution is -2.60. The molecule has 0 spiro atoms. The molecular weight excluding hydrogens is 262 g/mol. The highest BCUT2D eigenvalue weighted by Gasteiger charge is 2.33. The van der Waals surface area contributed by atoms with Gasteiger partial charge in [-0.1, -0.05) is 0 Å². The number of aliphatic carboxylic acids is 1. The monoisotopic (exact) mass is 285 g/mol. The summed E-state index contributed by atoms with van der Waals surface area (Å²) in [5, 5.41) is 11.8. The van der Waals surface area contributed by atoms with Crippen molar-refractivity contribution in [2.75, 3.05) is 52.4 Å². The van der Waals surface area contributed by atoms with Crippen molar-refractivity contribution in [2.24, 2.45) is 0 Å². The van der Waals surface area contributed by atoms with Crippen LogP contribution in [0.15, 0.2) is 0 Å². The summed E-state index contributed by atoms with van der Waals surface area (Å²) in [5.41, 5.74) is -0.195. The number of carbonyl (C=O) groups excluding carboxylic acids is 1. The average Bonchev–Trinajstić information content (AvgIpc) is 2.41. The molecule has 0 aromatic rings. The van der Waals surface area contributed by atoms with Gasteiger partial charge < -0.3 is 20.1 Å². The number of carboxylic acid groups (broad SMARTS) is 1. The highest BCUT2D eigenvalue weighted by molar-refractivity contribution is 5.77. The molecule has 2 aliphatic rings. The van der Waals surface area contributed by atoms with Crippen LogP contribution in [0.4, 0.5) is 0 Å². The van der Waals surface area contributed by atoms with Crippen molar-refractivity contribution in [1.29, 1.82) is 0 Å². The summed E-state index contributed by atoms with van der Waals surface area (Å²) in [5.74, 6) is -0.754. The fourth-order valence-electron chi connectivity index (χ4n) is 2.38. The predicted octanol–water partition coefficient (Wildman–Crippen LogP) is -1.02. The second-order valence-electron chi connectivity index (χ2n) is 5.71. The molecular formula is C13H23N3O4. The first-order valence-electron chi connectivity index (χ1n) is 7.05. The van der Waals surface area contributed by atoms with Crippen LogP contribution in [0.2, 0.25) is 0 Å². The minimum Gasteiger partial charge on any atom is -0.481 e. The molecule has 2 fully saturated rings. The summed E-state index contributed by atoms with van der Waals surface area (Å²) in [6.45, 7) is 7.04. The van der Waals surface area contributed by atoms with Crippen LogP contribution in [0.5, 0.6) is 0 Å². The highest BCUT2D eigenvalue weighted by Crippen LogP contribution is 2.15. The molecule has 2 saturated heterocycles. The number of nitrogens with one attached hydrogen (secondary N) is 1. The number of hydrogen-bond donors (Lipinski definition) is 2. The number of rotatable bonds is 6. The van der Waals surface area contributed by atoms with E-state index in [1.165, 1.54) is 0 Å². The molecule has 0 saturated carbocycles. The maximum Gasteiger partial charge on any atom is 0.304 e. The first kappa shape index (κ1) is 15.2. The number of piperazine rings is 1. The van der Waals surface area contributed by atoms with Gasteiger partial charge in [-0.05, 0) is 6.92 Å². The van der Waals surface area contributed by atoms with Crippen molar-refractivity contribution in [3.05, 3.63) is 0 Å². The Morgan fingerprint density at radius 3 is 2.40 bits per heavy atom. The largest absolute Gasteiger partial charge is 0.481 e. The molecule has 0 unspecified atom stereocenters. The molecule has 0 aromatic heterocycles. The Morgan fingerprint density at radius 1 is 1.25 bits per heavy atom. The number of carbonyl (C=O) groups is 2. The maximum atomic E-state index is 12.0. The van der Waals surface area contributed by atoms with Crippen molar-refractivity contribution >= 4 is 11.9 Å². The molecule has 20 heavy (non-hydrogen) atoms. The lowest BCUT2D eigenvalue weighted by Gasteiger charge is -2.40. The molecule has 0 bridgehead atoms. The molecule has 7 heteroatoms. The topological polar surface area (TPSA) is 82.1 Å². The quantitative estimate of drug-likeness (QED) is 0.650. The summed E-state index contributed by atoms with van der Waals surface area (Å²) in [6, 6.07) is 0. The SMILES string of the molecule is CC1(OCC(=O)N2CCN(CCC(=O)O)CC2)CNC1. The van der Waals surface area contributed by atoms with Gasteiger partial charge in [0.1, 0.15) is 6.61 Å². The van der Waals surface area contributed by atoms with Gasteiger partial charge in [-0.25, -0.2) is 0 Å². The van der Waals surface area contributed by atoms with E-state index < -0.39 is 5.97 Å². The van der Waals surface area contributed by atoms with Gasteiger partial charge in [0.15, 0.2) is 0 Å². The first-order valence-corrected chi connectivity index (χ1v) is 7.05. The molecule has 2 N–H and O–H groups in total. The fourth-order valence-corrected chi connectivity index (χ4v) is 2.38. The number of carboxylic acids is 1. The van der Waals surface area contributed by atoms with E-state index in [0.717, 1.165) is 26.2 Å². The lowest BCUT2D eigenvalue weighted by atomic mass is 10.0. The minimum atomic E-state index is -0.778. The third kappa shape index (κ3) is 4.16. The van der Waals surface area contributed by atoms with E-state index in [9.17, 15) is 9.59 Å². The zero-order valence-electron chi connectivity index (χ0n) is 11.9. The van der Waals surface area contributed by atoms with Crippen molar-refractivity contribution in [2.45, 2.75) is 18.9 Å². The Labute approximate surface area is 118 Å². The second-order valence-corrected chi connectivity index (χ2v) is 5.71. The van der Waals surface area contributed by atoms with Crippen LogP contribution in [-0.2, 0) is 14.3 Å². The normalized spacial score (nSPS) is 22.4. The van der Waals surface area contributed by atoms with E-state index in [-0.39, 0.29) is 24.5 Å². The van der Waals surface area contributed by atoms with Crippen LogP contribution in [0, 0.1) is 0 Å². The van der Waals surface area contributed by atoms with Crippen LogP contribution in [0.1, 0.15) is 13.3 Å². The molecule has 2 heterocycles. The van der Waals surface area contributed by atoms with E-state index in [2.05, 4.69) is 10.2 Å². The van der Waals surface area contributed by atoms with Gasteiger partial charge in [-0.15, -0.1) is 0 Å². The van der Waals surface area contributed by atoms with Crippen LogP contribution >= 0.6 is 0 Å². The molecule has 0 aliphatic carbocycles. The Hall–Kier alpha value is -1.18. The Kier molecular flexibility index (Phi) is 4.95. The van der Waals surface area contributed by atoms with Crippen LogP contribution in [0.3, 0.4) is 0 Å². The Morgan fingerprint density at radius 2 is 1.90 bits per heavy atom. The van der Waals surface area contributed by atoms with E-state index >= 15 is 0 Å². The summed E-state index contributed by atoms with van der Waals surface area (Å²) in [7, 11) is 0. The average molecular weight is 285 g/mol. The molecule has 0 atom stereocenters. The Balaban J connectivity index is 1.65. The van der Waals surface area contributed by atoms with Crippen molar-refractivity contribution in [1.82, 2.24) is 15.1 Å².